The number of halogens is 1. The number of aliphatic hydroxyl groups excluding tert-OH is 1. The lowest BCUT2D eigenvalue weighted by molar-refractivity contribution is 0.0934. The maximum Gasteiger partial charge on any atom is 0.251 e. The zero-order valence-corrected chi connectivity index (χ0v) is 10.6. The maximum atomic E-state index is 11.7. The molecule has 0 radical (unpaired) electrons. The fourth-order valence-corrected chi connectivity index (χ4v) is 1.50. The molecule has 0 fully saturated rings. The molecule has 4 nitrogen and oxygen atoms in total. The first-order chi connectivity index (χ1) is 7.54. The molecule has 0 saturated carbocycles. The number of nitrogen functional groups attached to an aromatic ring is 1. The van der Waals surface area contributed by atoms with Gasteiger partial charge < -0.3 is 16.2 Å². The van der Waals surface area contributed by atoms with Gasteiger partial charge in [0, 0.05) is 28.4 Å². The van der Waals surface area contributed by atoms with E-state index in [4.69, 9.17) is 10.8 Å². The van der Waals surface area contributed by atoms with Crippen molar-refractivity contribution < 1.29 is 9.90 Å². The summed E-state index contributed by atoms with van der Waals surface area (Å²) in [7, 11) is 0. The topological polar surface area (TPSA) is 75.3 Å². The highest BCUT2D eigenvalue weighted by Crippen LogP contribution is 2.20. The van der Waals surface area contributed by atoms with E-state index in [1.807, 2.05) is 6.92 Å². The third-order valence-electron chi connectivity index (χ3n) is 2.20. The fraction of sp³-hybridized carbons (Fsp3) is 0.364. The number of nitrogens with two attached hydrogens (primary N) is 1. The third kappa shape index (κ3) is 3.50. The monoisotopic (exact) mass is 286 g/mol. The van der Waals surface area contributed by atoms with Gasteiger partial charge in [0.05, 0.1) is 0 Å². The van der Waals surface area contributed by atoms with Gasteiger partial charge in [0.25, 0.3) is 5.91 Å². The molecule has 1 aromatic rings. The Bertz CT molecular complexity index is 382. The van der Waals surface area contributed by atoms with Crippen LogP contribution < -0.4 is 11.1 Å². The number of amides is 1. The first-order valence-electron chi connectivity index (χ1n) is 5.01. The van der Waals surface area contributed by atoms with Crippen LogP contribution in [0, 0.1) is 0 Å². The number of carbonyl (C=O) groups excluding carboxylic acids is 1. The standard InChI is InChI=1S/C11H15BrN2O2/c1-7(4-5-15)14-11(16)8-2-3-9(12)10(13)6-8/h2-3,6-7,15H,4-5,13H2,1H3,(H,14,16). The second-order valence-corrected chi connectivity index (χ2v) is 4.48. The largest absolute Gasteiger partial charge is 0.398 e. The molecule has 0 aliphatic rings. The van der Waals surface area contributed by atoms with Crippen molar-refractivity contribution in [3.63, 3.8) is 0 Å². The number of aliphatic hydroxyl groups is 1. The smallest absolute Gasteiger partial charge is 0.251 e. The Kier molecular flexibility index (Phi) is 4.76. The van der Waals surface area contributed by atoms with Gasteiger partial charge in [-0.25, -0.2) is 0 Å². The summed E-state index contributed by atoms with van der Waals surface area (Å²) in [6.45, 7) is 1.90. The summed E-state index contributed by atoms with van der Waals surface area (Å²) in [6, 6.07) is 5.00. The van der Waals surface area contributed by atoms with Gasteiger partial charge in [0.15, 0.2) is 0 Å². The van der Waals surface area contributed by atoms with Crippen molar-refractivity contribution in [3.8, 4) is 0 Å². The van der Waals surface area contributed by atoms with Gasteiger partial charge in [0.1, 0.15) is 0 Å². The van der Waals surface area contributed by atoms with E-state index in [2.05, 4.69) is 21.2 Å². The molecule has 0 aliphatic carbocycles. The number of carbonyl (C=O) groups is 1. The van der Waals surface area contributed by atoms with Gasteiger partial charge in [-0.15, -0.1) is 0 Å². The van der Waals surface area contributed by atoms with Crippen molar-refractivity contribution in [3.05, 3.63) is 28.2 Å². The lowest BCUT2D eigenvalue weighted by Gasteiger charge is -2.12. The molecule has 1 aromatic carbocycles. The van der Waals surface area contributed by atoms with Crippen LogP contribution >= 0.6 is 15.9 Å². The molecule has 0 aliphatic heterocycles. The fourth-order valence-electron chi connectivity index (χ4n) is 1.26. The summed E-state index contributed by atoms with van der Waals surface area (Å²) < 4.78 is 0.771. The van der Waals surface area contributed by atoms with E-state index in [9.17, 15) is 4.79 Å². The molecule has 0 bridgehead atoms. The number of anilines is 1. The van der Waals surface area contributed by atoms with Crippen LogP contribution in [-0.2, 0) is 0 Å². The maximum absolute atomic E-state index is 11.7. The Labute approximate surface area is 103 Å². The van der Waals surface area contributed by atoms with Crippen molar-refractivity contribution in [1.82, 2.24) is 5.32 Å². The van der Waals surface area contributed by atoms with E-state index in [1.165, 1.54) is 0 Å². The van der Waals surface area contributed by atoms with Crippen LogP contribution in [0.5, 0.6) is 0 Å². The van der Waals surface area contributed by atoms with Crippen molar-refractivity contribution in [2.75, 3.05) is 12.3 Å². The summed E-state index contributed by atoms with van der Waals surface area (Å²) >= 11 is 3.26. The highest BCUT2D eigenvalue weighted by molar-refractivity contribution is 9.10. The number of hydrogen-bond acceptors (Lipinski definition) is 3. The van der Waals surface area contributed by atoms with E-state index >= 15 is 0 Å². The molecule has 0 aromatic heterocycles. The predicted molar refractivity (Wildman–Crippen MR) is 67.2 cm³/mol. The average Bonchev–Trinajstić information content (AvgIpc) is 2.22. The zero-order valence-electron chi connectivity index (χ0n) is 9.03. The Morgan fingerprint density at radius 2 is 2.31 bits per heavy atom. The van der Waals surface area contributed by atoms with Gasteiger partial charge in [-0.05, 0) is 47.5 Å². The quantitative estimate of drug-likeness (QED) is 0.735. The first-order valence-corrected chi connectivity index (χ1v) is 5.80. The van der Waals surface area contributed by atoms with Crippen molar-refractivity contribution in [2.45, 2.75) is 19.4 Å². The molecular formula is C11H15BrN2O2. The van der Waals surface area contributed by atoms with Gasteiger partial charge >= 0.3 is 0 Å². The second-order valence-electron chi connectivity index (χ2n) is 3.62. The Hall–Kier alpha value is -1.07. The summed E-state index contributed by atoms with van der Waals surface area (Å²) in [5, 5.41) is 11.5. The normalized spacial score (nSPS) is 12.2. The van der Waals surface area contributed by atoms with Crippen LogP contribution in [-0.4, -0.2) is 23.7 Å². The Morgan fingerprint density at radius 3 is 2.88 bits per heavy atom. The average molecular weight is 287 g/mol. The van der Waals surface area contributed by atoms with E-state index in [1.54, 1.807) is 18.2 Å². The molecule has 1 unspecified atom stereocenters. The van der Waals surface area contributed by atoms with E-state index in [0.29, 0.717) is 17.7 Å². The van der Waals surface area contributed by atoms with E-state index in [-0.39, 0.29) is 18.6 Å². The predicted octanol–water partition coefficient (Wildman–Crippen LogP) is 1.53. The van der Waals surface area contributed by atoms with Crippen molar-refractivity contribution in [1.29, 1.82) is 0 Å². The van der Waals surface area contributed by atoms with Gasteiger partial charge in [-0.1, -0.05) is 0 Å². The third-order valence-corrected chi connectivity index (χ3v) is 2.92. The summed E-state index contributed by atoms with van der Waals surface area (Å²) in [4.78, 5) is 11.7. The molecule has 0 spiro atoms. The highest BCUT2D eigenvalue weighted by atomic mass is 79.9. The van der Waals surface area contributed by atoms with Crippen molar-refractivity contribution in [2.24, 2.45) is 0 Å². The summed E-state index contributed by atoms with van der Waals surface area (Å²) in [5.74, 6) is -0.180. The number of benzene rings is 1. The van der Waals surface area contributed by atoms with Crippen LogP contribution in [0.15, 0.2) is 22.7 Å². The van der Waals surface area contributed by atoms with E-state index in [0.717, 1.165) is 4.47 Å². The zero-order chi connectivity index (χ0) is 12.1. The number of hydrogen-bond donors (Lipinski definition) is 3. The molecule has 16 heavy (non-hydrogen) atoms. The minimum atomic E-state index is -0.180. The minimum absolute atomic E-state index is 0.0534. The van der Waals surface area contributed by atoms with Crippen LogP contribution in [0.1, 0.15) is 23.7 Å². The molecule has 88 valence electrons. The molecule has 5 heteroatoms. The molecule has 1 atom stereocenters. The highest BCUT2D eigenvalue weighted by Gasteiger charge is 2.10. The molecule has 0 saturated heterocycles. The first kappa shape index (κ1) is 13.0. The van der Waals surface area contributed by atoms with Crippen molar-refractivity contribution >= 4 is 27.5 Å². The van der Waals surface area contributed by atoms with Crippen LogP contribution in [0.2, 0.25) is 0 Å². The van der Waals surface area contributed by atoms with Crippen LogP contribution in [0.4, 0.5) is 5.69 Å². The lowest BCUT2D eigenvalue weighted by atomic mass is 10.1. The summed E-state index contributed by atoms with van der Waals surface area (Å²) in [5.41, 5.74) is 6.73. The Balaban J connectivity index is 2.69. The molecule has 4 N–H and O–H groups in total. The summed E-state index contributed by atoms with van der Waals surface area (Å²) in [6.07, 6.45) is 0.539. The molecule has 1 amide bonds. The molecule has 1 rings (SSSR count). The lowest BCUT2D eigenvalue weighted by Crippen LogP contribution is -2.33. The van der Waals surface area contributed by atoms with Crippen LogP contribution in [0.3, 0.4) is 0 Å². The van der Waals surface area contributed by atoms with Gasteiger partial charge in [-0.3, -0.25) is 4.79 Å². The second kappa shape index (κ2) is 5.86. The Morgan fingerprint density at radius 1 is 1.62 bits per heavy atom. The SMILES string of the molecule is CC(CCO)NC(=O)c1ccc(Br)c(N)c1. The molecular weight excluding hydrogens is 272 g/mol. The van der Waals surface area contributed by atoms with Gasteiger partial charge in [-0.2, -0.15) is 0 Å². The van der Waals surface area contributed by atoms with E-state index < -0.39 is 0 Å². The van der Waals surface area contributed by atoms with Crippen LogP contribution in [0.25, 0.3) is 0 Å². The minimum Gasteiger partial charge on any atom is -0.398 e. The number of nitrogens with one attached hydrogen (secondary N) is 1. The molecule has 0 heterocycles. The number of rotatable bonds is 4. The van der Waals surface area contributed by atoms with Gasteiger partial charge in [0.2, 0.25) is 0 Å².